The van der Waals surface area contributed by atoms with Crippen molar-refractivity contribution in [2.24, 2.45) is 0 Å². The molecule has 1 aromatic heterocycles. The Hall–Kier alpha value is -1.89. The molecule has 1 aromatic carbocycles. The van der Waals surface area contributed by atoms with Crippen molar-refractivity contribution in [2.45, 2.75) is 56.2 Å². The summed E-state index contributed by atoms with van der Waals surface area (Å²) in [6, 6.07) is 4.70. The summed E-state index contributed by atoms with van der Waals surface area (Å²) in [4.78, 5) is 0. The quantitative estimate of drug-likeness (QED) is 0.810. The predicted molar refractivity (Wildman–Crippen MR) is 93.7 cm³/mol. The number of benzene rings is 1. The van der Waals surface area contributed by atoms with Crippen LogP contribution in [-0.2, 0) is 12.2 Å². The molecule has 0 saturated heterocycles. The lowest BCUT2D eigenvalue weighted by Crippen LogP contribution is -2.05. The number of nitrogens with zero attached hydrogens (tertiary/aromatic N) is 3. The van der Waals surface area contributed by atoms with Crippen LogP contribution in [0.15, 0.2) is 17.3 Å². The fourth-order valence-corrected chi connectivity index (χ4v) is 4.08. The molecule has 1 aliphatic carbocycles. The molecule has 1 saturated carbocycles. The average molecular weight is 346 g/mol. The highest BCUT2D eigenvalue weighted by Gasteiger charge is 2.29. The van der Waals surface area contributed by atoms with Gasteiger partial charge in [-0.2, -0.15) is 0 Å². The number of ether oxygens (including phenoxy) is 2. The third-order valence-electron chi connectivity index (χ3n) is 4.34. The van der Waals surface area contributed by atoms with Gasteiger partial charge in [0.05, 0.1) is 6.61 Å². The number of anilines is 1. The van der Waals surface area contributed by atoms with E-state index in [9.17, 15) is 0 Å². The molecular formula is C17H22N4O2S. The first-order valence-electron chi connectivity index (χ1n) is 8.44. The van der Waals surface area contributed by atoms with E-state index in [4.69, 9.17) is 15.2 Å². The standard InChI is InChI=1S/C17H22N4O2S/c1-3-22-14-7-11-6-10(2)23-15(11)8-12(14)9-24-17-20-19-16(18)21(17)13-4-5-13/h7-8,10,13H,3-6,9H2,1-2H3,(H2,18,19)/t10-/m1/s1. The first-order chi connectivity index (χ1) is 11.7. The molecule has 2 aliphatic rings. The zero-order valence-electron chi connectivity index (χ0n) is 14.0. The number of fused-ring (bicyclic) bond motifs is 1. The maximum atomic E-state index is 5.95. The summed E-state index contributed by atoms with van der Waals surface area (Å²) in [6.07, 6.45) is 3.49. The molecule has 128 valence electrons. The lowest BCUT2D eigenvalue weighted by atomic mass is 10.1. The fourth-order valence-electron chi connectivity index (χ4n) is 3.09. The van der Waals surface area contributed by atoms with Gasteiger partial charge in [-0.15, -0.1) is 10.2 Å². The van der Waals surface area contributed by atoms with Crippen molar-refractivity contribution in [2.75, 3.05) is 12.3 Å². The lowest BCUT2D eigenvalue weighted by molar-refractivity contribution is 0.254. The highest BCUT2D eigenvalue weighted by Crippen LogP contribution is 2.41. The summed E-state index contributed by atoms with van der Waals surface area (Å²) in [6.45, 7) is 4.75. The smallest absolute Gasteiger partial charge is 0.222 e. The summed E-state index contributed by atoms with van der Waals surface area (Å²) in [5.41, 5.74) is 8.30. The summed E-state index contributed by atoms with van der Waals surface area (Å²) in [5.74, 6) is 3.18. The van der Waals surface area contributed by atoms with Gasteiger partial charge < -0.3 is 15.2 Å². The van der Waals surface area contributed by atoms with Crippen molar-refractivity contribution < 1.29 is 9.47 Å². The Bertz CT molecular complexity index is 757. The number of rotatable bonds is 6. The van der Waals surface area contributed by atoms with E-state index in [0.29, 0.717) is 18.6 Å². The van der Waals surface area contributed by atoms with Crippen molar-refractivity contribution in [1.82, 2.24) is 14.8 Å². The third-order valence-corrected chi connectivity index (χ3v) is 5.33. The van der Waals surface area contributed by atoms with Crippen LogP contribution in [0.5, 0.6) is 11.5 Å². The van der Waals surface area contributed by atoms with Crippen molar-refractivity contribution in [3.63, 3.8) is 0 Å². The predicted octanol–water partition coefficient (Wildman–Crippen LogP) is 3.21. The van der Waals surface area contributed by atoms with Gasteiger partial charge in [0.2, 0.25) is 5.95 Å². The van der Waals surface area contributed by atoms with Crippen LogP contribution in [0.3, 0.4) is 0 Å². The van der Waals surface area contributed by atoms with Gasteiger partial charge in [0.1, 0.15) is 17.6 Å². The van der Waals surface area contributed by atoms with E-state index in [1.54, 1.807) is 11.8 Å². The number of nitrogens with two attached hydrogens (primary N) is 1. The average Bonchev–Trinajstić information content (AvgIpc) is 3.22. The largest absolute Gasteiger partial charge is 0.494 e. The van der Waals surface area contributed by atoms with Crippen molar-refractivity contribution in [3.8, 4) is 11.5 Å². The summed E-state index contributed by atoms with van der Waals surface area (Å²) < 4.78 is 13.8. The number of nitrogen functional groups attached to an aromatic ring is 1. The Morgan fingerprint density at radius 2 is 2.21 bits per heavy atom. The van der Waals surface area contributed by atoms with E-state index >= 15 is 0 Å². The van der Waals surface area contributed by atoms with Crippen LogP contribution in [0.25, 0.3) is 0 Å². The van der Waals surface area contributed by atoms with Gasteiger partial charge in [0.25, 0.3) is 0 Å². The molecule has 0 spiro atoms. The summed E-state index contributed by atoms with van der Waals surface area (Å²) >= 11 is 1.65. The zero-order chi connectivity index (χ0) is 16.7. The van der Waals surface area contributed by atoms with Gasteiger partial charge in [0.15, 0.2) is 5.16 Å². The Morgan fingerprint density at radius 3 is 2.96 bits per heavy atom. The van der Waals surface area contributed by atoms with Crippen LogP contribution in [0.1, 0.15) is 43.9 Å². The molecule has 2 heterocycles. The lowest BCUT2D eigenvalue weighted by Gasteiger charge is -2.12. The fraction of sp³-hybridized carbons (Fsp3) is 0.529. The highest BCUT2D eigenvalue weighted by atomic mass is 32.2. The first-order valence-corrected chi connectivity index (χ1v) is 9.42. The maximum Gasteiger partial charge on any atom is 0.222 e. The molecule has 7 heteroatoms. The summed E-state index contributed by atoms with van der Waals surface area (Å²) in [7, 11) is 0. The van der Waals surface area contributed by atoms with Gasteiger partial charge in [-0.1, -0.05) is 11.8 Å². The highest BCUT2D eigenvalue weighted by molar-refractivity contribution is 7.98. The number of hydrogen-bond donors (Lipinski definition) is 1. The van der Waals surface area contributed by atoms with Gasteiger partial charge in [-0.25, -0.2) is 0 Å². The van der Waals surface area contributed by atoms with Crippen LogP contribution in [-0.4, -0.2) is 27.5 Å². The first kappa shape index (κ1) is 15.6. The minimum atomic E-state index is 0.232. The Balaban J connectivity index is 1.57. The normalized spacial score (nSPS) is 19.2. The minimum absolute atomic E-state index is 0.232. The number of thioether (sulfide) groups is 1. The topological polar surface area (TPSA) is 75.2 Å². The van der Waals surface area contributed by atoms with Gasteiger partial charge >= 0.3 is 0 Å². The second-order valence-electron chi connectivity index (χ2n) is 6.36. The van der Waals surface area contributed by atoms with Crippen LogP contribution in [0.2, 0.25) is 0 Å². The second kappa shape index (κ2) is 6.20. The molecule has 1 fully saturated rings. The number of hydrogen-bond acceptors (Lipinski definition) is 6. The molecule has 1 atom stereocenters. The van der Waals surface area contributed by atoms with Crippen molar-refractivity contribution in [3.05, 3.63) is 23.3 Å². The van der Waals surface area contributed by atoms with Gasteiger partial charge in [-0.3, -0.25) is 4.57 Å². The van der Waals surface area contributed by atoms with Gasteiger partial charge in [0, 0.05) is 29.3 Å². The minimum Gasteiger partial charge on any atom is -0.494 e. The zero-order valence-corrected chi connectivity index (χ0v) is 14.8. The molecule has 2 N–H and O–H groups in total. The molecule has 2 aromatic rings. The molecular weight excluding hydrogens is 324 g/mol. The van der Waals surface area contributed by atoms with Gasteiger partial charge in [-0.05, 0) is 38.8 Å². The maximum absolute atomic E-state index is 5.95. The number of aromatic nitrogens is 3. The van der Waals surface area contributed by atoms with E-state index in [-0.39, 0.29) is 6.10 Å². The molecule has 0 unspecified atom stereocenters. The molecule has 1 aliphatic heterocycles. The Labute approximate surface area is 145 Å². The molecule has 24 heavy (non-hydrogen) atoms. The van der Waals surface area contributed by atoms with E-state index in [1.165, 1.54) is 5.56 Å². The van der Waals surface area contributed by atoms with E-state index in [2.05, 4.69) is 33.8 Å². The van der Waals surface area contributed by atoms with Crippen molar-refractivity contribution >= 4 is 17.7 Å². The van der Waals surface area contributed by atoms with E-state index in [1.807, 2.05) is 6.92 Å². The van der Waals surface area contributed by atoms with Crippen LogP contribution in [0, 0.1) is 0 Å². The SMILES string of the molecule is CCOc1cc2c(cc1CSc1nnc(N)n1C1CC1)O[C@H](C)C2. The molecule has 4 rings (SSSR count). The third kappa shape index (κ3) is 2.92. The van der Waals surface area contributed by atoms with E-state index < -0.39 is 0 Å². The van der Waals surface area contributed by atoms with Crippen LogP contribution in [0.4, 0.5) is 5.95 Å². The van der Waals surface area contributed by atoms with Crippen molar-refractivity contribution in [1.29, 1.82) is 0 Å². The molecule has 0 amide bonds. The second-order valence-corrected chi connectivity index (χ2v) is 7.31. The Kier molecular flexibility index (Phi) is 4.04. The molecule has 0 bridgehead atoms. The molecule has 6 nitrogen and oxygen atoms in total. The monoisotopic (exact) mass is 346 g/mol. The molecule has 0 radical (unpaired) electrons. The van der Waals surface area contributed by atoms with Crippen LogP contribution < -0.4 is 15.2 Å². The van der Waals surface area contributed by atoms with Crippen LogP contribution >= 0.6 is 11.8 Å². The summed E-state index contributed by atoms with van der Waals surface area (Å²) in [5, 5.41) is 9.14. The Morgan fingerprint density at radius 1 is 1.38 bits per heavy atom. The van der Waals surface area contributed by atoms with E-state index in [0.717, 1.165) is 47.2 Å².